The lowest BCUT2D eigenvalue weighted by Gasteiger charge is -2.05. The summed E-state index contributed by atoms with van der Waals surface area (Å²) in [6.07, 6.45) is 2.44. The molecular formula is C12H16O3S. The Labute approximate surface area is 96.9 Å². The molecule has 0 bridgehead atoms. The molecule has 1 aromatic carbocycles. The van der Waals surface area contributed by atoms with Crippen molar-refractivity contribution in [3.05, 3.63) is 42.5 Å². The van der Waals surface area contributed by atoms with Crippen molar-refractivity contribution in [3.63, 3.8) is 0 Å². The molecule has 0 unspecified atom stereocenters. The fraction of sp³-hybridized carbons (Fsp3) is 0.333. The molecule has 0 amide bonds. The molecule has 0 saturated heterocycles. The molecule has 4 heteroatoms. The highest BCUT2D eigenvalue weighted by Crippen LogP contribution is 2.17. The number of hydrogen-bond donors (Lipinski definition) is 0. The van der Waals surface area contributed by atoms with Crippen LogP contribution in [0.15, 0.2) is 36.9 Å². The van der Waals surface area contributed by atoms with Gasteiger partial charge in [0.25, 0.3) is 10.1 Å². The third kappa shape index (κ3) is 5.09. The van der Waals surface area contributed by atoms with Gasteiger partial charge in [0.05, 0.1) is 12.9 Å². The van der Waals surface area contributed by atoms with Crippen molar-refractivity contribution in [1.82, 2.24) is 0 Å². The lowest BCUT2D eigenvalue weighted by molar-refractivity contribution is 0.317. The van der Waals surface area contributed by atoms with E-state index in [1.165, 1.54) is 0 Å². The van der Waals surface area contributed by atoms with Crippen molar-refractivity contribution in [3.8, 4) is 0 Å². The number of rotatable bonds is 6. The topological polar surface area (TPSA) is 43.4 Å². The zero-order chi connectivity index (χ0) is 12.0. The molecule has 16 heavy (non-hydrogen) atoms. The average molecular weight is 240 g/mol. The van der Waals surface area contributed by atoms with Gasteiger partial charge in [0.1, 0.15) is 0 Å². The van der Waals surface area contributed by atoms with Crippen LogP contribution in [0.5, 0.6) is 0 Å². The molecule has 0 aromatic heterocycles. The Kier molecular flexibility index (Phi) is 4.71. The largest absolute Gasteiger partial charge is 0.270 e. The predicted octanol–water partition coefficient (Wildman–Crippen LogP) is 2.46. The molecule has 0 radical (unpaired) electrons. The van der Waals surface area contributed by atoms with Crippen molar-refractivity contribution in [1.29, 1.82) is 0 Å². The molecule has 0 atom stereocenters. The second-order valence-electron chi connectivity index (χ2n) is 3.60. The number of hydrogen-bond acceptors (Lipinski definition) is 3. The molecule has 0 saturated carbocycles. The second-order valence-corrected chi connectivity index (χ2v) is 5.24. The molecule has 3 nitrogen and oxygen atoms in total. The van der Waals surface area contributed by atoms with Crippen LogP contribution in [0.2, 0.25) is 0 Å². The molecule has 0 heterocycles. The highest BCUT2D eigenvalue weighted by atomic mass is 32.2. The van der Waals surface area contributed by atoms with Crippen molar-refractivity contribution in [2.75, 3.05) is 12.9 Å². The Balaban J connectivity index is 2.32. The first-order valence-corrected chi connectivity index (χ1v) is 6.88. The maximum Gasteiger partial charge on any atom is 0.264 e. The van der Waals surface area contributed by atoms with E-state index in [-0.39, 0.29) is 6.61 Å². The number of benzene rings is 1. The van der Waals surface area contributed by atoms with Gasteiger partial charge in [-0.05, 0) is 24.0 Å². The lowest BCUT2D eigenvalue weighted by Crippen LogP contribution is -2.04. The van der Waals surface area contributed by atoms with Gasteiger partial charge in [0.2, 0.25) is 0 Å². The molecule has 88 valence electrons. The van der Waals surface area contributed by atoms with E-state index in [0.29, 0.717) is 6.42 Å². The van der Waals surface area contributed by atoms with Gasteiger partial charge < -0.3 is 0 Å². The number of allylic oxidation sites excluding steroid dienone is 1. The third-order valence-corrected chi connectivity index (χ3v) is 2.70. The Morgan fingerprint density at radius 3 is 2.50 bits per heavy atom. The molecule has 0 fully saturated rings. The molecular weight excluding hydrogens is 224 g/mol. The first-order chi connectivity index (χ1) is 7.49. The van der Waals surface area contributed by atoms with E-state index in [1.807, 2.05) is 30.3 Å². The lowest BCUT2D eigenvalue weighted by atomic mass is 10.0. The monoisotopic (exact) mass is 240 g/mol. The van der Waals surface area contributed by atoms with Crippen LogP contribution in [-0.2, 0) is 14.3 Å². The van der Waals surface area contributed by atoms with Gasteiger partial charge in [-0.15, -0.1) is 0 Å². The Bertz CT molecular complexity index is 435. The standard InChI is InChI=1S/C12H16O3S/c1-11(12-8-4-3-5-9-12)7-6-10-15-16(2,13)14/h3-5,8-9H,1,6-7,10H2,2H3. The summed E-state index contributed by atoms with van der Waals surface area (Å²) < 4.78 is 26.0. The van der Waals surface area contributed by atoms with Gasteiger partial charge in [0, 0.05) is 0 Å². The minimum atomic E-state index is -3.32. The van der Waals surface area contributed by atoms with Crippen LogP contribution in [0.1, 0.15) is 18.4 Å². The van der Waals surface area contributed by atoms with Gasteiger partial charge in [0.15, 0.2) is 0 Å². The van der Waals surface area contributed by atoms with Crippen molar-refractivity contribution in [2.45, 2.75) is 12.8 Å². The van der Waals surface area contributed by atoms with Crippen LogP contribution in [0.3, 0.4) is 0 Å². The zero-order valence-corrected chi connectivity index (χ0v) is 10.2. The van der Waals surface area contributed by atoms with Crippen molar-refractivity contribution < 1.29 is 12.6 Å². The van der Waals surface area contributed by atoms with E-state index in [9.17, 15) is 8.42 Å². The van der Waals surface area contributed by atoms with Gasteiger partial charge in [-0.2, -0.15) is 8.42 Å². The summed E-state index contributed by atoms with van der Waals surface area (Å²) in [6, 6.07) is 9.82. The minimum absolute atomic E-state index is 0.213. The van der Waals surface area contributed by atoms with Crippen LogP contribution >= 0.6 is 0 Å². The van der Waals surface area contributed by atoms with E-state index in [1.54, 1.807) is 0 Å². The van der Waals surface area contributed by atoms with E-state index in [4.69, 9.17) is 0 Å². The molecule has 1 aromatic rings. The quantitative estimate of drug-likeness (QED) is 0.566. The summed E-state index contributed by atoms with van der Waals surface area (Å²) in [5.74, 6) is 0. The van der Waals surface area contributed by atoms with E-state index >= 15 is 0 Å². The van der Waals surface area contributed by atoms with Crippen molar-refractivity contribution in [2.24, 2.45) is 0 Å². The highest BCUT2D eigenvalue weighted by Gasteiger charge is 2.02. The van der Waals surface area contributed by atoms with Crippen LogP contribution in [0.25, 0.3) is 5.57 Å². The van der Waals surface area contributed by atoms with Gasteiger partial charge in [-0.3, -0.25) is 4.18 Å². The fourth-order valence-electron chi connectivity index (χ4n) is 1.31. The SMILES string of the molecule is C=C(CCCOS(C)(=O)=O)c1ccccc1. The fourth-order valence-corrected chi connectivity index (χ4v) is 1.73. The first-order valence-electron chi connectivity index (χ1n) is 5.06. The Morgan fingerprint density at radius 1 is 1.31 bits per heavy atom. The minimum Gasteiger partial charge on any atom is -0.270 e. The smallest absolute Gasteiger partial charge is 0.264 e. The first kappa shape index (κ1) is 12.9. The van der Waals surface area contributed by atoms with E-state index in [0.717, 1.165) is 23.8 Å². The summed E-state index contributed by atoms with van der Waals surface area (Å²) in [7, 11) is -3.32. The van der Waals surface area contributed by atoms with Crippen LogP contribution in [0.4, 0.5) is 0 Å². The molecule has 0 aliphatic heterocycles. The van der Waals surface area contributed by atoms with Gasteiger partial charge in [-0.25, -0.2) is 0 Å². The second kappa shape index (κ2) is 5.82. The summed E-state index contributed by atoms with van der Waals surface area (Å²) in [5.41, 5.74) is 2.08. The summed E-state index contributed by atoms with van der Waals surface area (Å²) in [5, 5.41) is 0. The molecule has 0 N–H and O–H groups in total. The molecule has 0 spiro atoms. The normalized spacial score (nSPS) is 11.3. The Morgan fingerprint density at radius 2 is 1.94 bits per heavy atom. The van der Waals surface area contributed by atoms with Crippen LogP contribution in [-0.4, -0.2) is 21.3 Å². The van der Waals surface area contributed by atoms with Gasteiger partial charge >= 0.3 is 0 Å². The Hall–Kier alpha value is -1.13. The van der Waals surface area contributed by atoms with E-state index in [2.05, 4.69) is 10.8 Å². The van der Waals surface area contributed by atoms with Crippen LogP contribution < -0.4 is 0 Å². The van der Waals surface area contributed by atoms with E-state index < -0.39 is 10.1 Å². The molecule has 0 aliphatic carbocycles. The molecule has 1 rings (SSSR count). The van der Waals surface area contributed by atoms with Crippen molar-refractivity contribution >= 4 is 15.7 Å². The van der Waals surface area contributed by atoms with Gasteiger partial charge in [-0.1, -0.05) is 36.9 Å². The highest BCUT2D eigenvalue weighted by molar-refractivity contribution is 7.85. The zero-order valence-electron chi connectivity index (χ0n) is 9.35. The summed E-state index contributed by atoms with van der Waals surface area (Å²) >= 11 is 0. The third-order valence-electron chi connectivity index (χ3n) is 2.10. The molecule has 0 aliphatic rings. The van der Waals surface area contributed by atoms with Crippen LogP contribution in [0, 0.1) is 0 Å². The average Bonchev–Trinajstić information content (AvgIpc) is 2.24. The summed E-state index contributed by atoms with van der Waals surface area (Å²) in [4.78, 5) is 0. The summed E-state index contributed by atoms with van der Waals surface area (Å²) in [6.45, 7) is 4.17. The maximum atomic E-state index is 10.7. The maximum absolute atomic E-state index is 10.7. The predicted molar refractivity (Wildman–Crippen MR) is 65.5 cm³/mol.